The predicted molar refractivity (Wildman–Crippen MR) is 97.8 cm³/mol. The first-order chi connectivity index (χ1) is 11.5. The molecule has 3 nitrogen and oxygen atoms in total. The van der Waals surface area contributed by atoms with E-state index in [1.54, 1.807) is 0 Å². The van der Waals surface area contributed by atoms with Gasteiger partial charge in [-0.2, -0.15) is 0 Å². The van der Waals surface area contributed by atoms with Crippen LogP contribution in [0.2, 0.25) is 0 Å². The molecule has 0 fully saturated rings. The van der Waals surface area contributed by atoms with Gasteiger partial charge in [-0.15, -0.1) is 0 Å². The van der Waals surface area contributed by atoms with Gasteiger partial charge in [0.05, 0.1) is 0 Å². The van der Waals surface area contributed by atoms with Gasteiger partial charge >= 0.3 is 0 Å². The fraction of sp³-hybridized carbons (Fsp3) is 0.571. The van der Waals surface area contributed by atoms with Crippen molar-refractivity contribution in [3.05, 3.63) is 34.9 Å². The monoisotopic (exact) mass is 330 g/mol. The Morgan fingerprint density at radius 1 is 0.708 bits per heavy atom. The van der Waals surface area contributed by atoms with Crippen molar-refractivity contribution < 1.29 is 14.4 Å². The van der Waals surface area contributed by atoms with Crippen LogP contribution in [0.15, 0.2) is 34.9 Å². The summed E-state index contributed by atoms with van der Waals surface area (Å²) >= 11 is 0. The highest BCUT2D eigenvalue weighted by Crippen LogP contribution is 2.20. The maximum absolute atomic E-state index is 12.1. The van der Waals surface area contributed by atoms with Crippen molar-refractivity contribution in [1.29, 1.82) is 0 Å². The second-order valence-electron chi connectivity index (χ2n) is 6.15. The van der Waals surface area contributed by atoms with E-state index in [1.807, 2.05) is 39.0 Å². The summed E-state index contributed by atoms with van der Waals surface area (Å²) < 4.78 is 0. The summed E-state index contributed by atoms with van der Waals surface area (Å²) in [6.45, 7) is 5.60. The Morgan fingerprint density at radius 2 is 1.12 bits per heavy atom. The Hall–Kier alpha value is -1.77. The normalized spacial score (nSPS) is 16.9. The second-order valence-corrected chi connectivity index (χ2v) is 6.15. The van der Waals surface area contributed by atoms with Crippen molar-refractivity contribution in [3.8, 4) is 0 Å². The van der Waals surface area contributed by atoms with Crippen LogP contribution in [0.3, 0.4) is 0 Å². The lowest BCUT2D eigenvalue weighted by Gasteiger charge is -2.10. The molecule has 0 saturated heterocycles. The first-order valence-electron chi connectivity index (χ1n) is 9.20. The third-order valence-corrected chi connectivity index (χ3v) is 4.46. The summed E-state index contributed by atoms with van der Waals surface area (Å²) in [6, 6.07) is 0. The van der Waals surface area contributed by atoms with E-state index in [1.165, 1.54) is 0 Å². The van der Waals surface area contributed by atoms with Crippen molar-refractivity contribution in [1.82, 2.24) is 0 Å². The van der Waals surface area contributed by atoms with E-state index in [-0.39, 0.29) is 17.3 Å². The third-order valence-electron chi connectivity index (χ3n) is 4.46. The number of allylic oxidation sites excluding steroid dienone is 6. The number of hydrogen-bond donors (Lipinski definition) is 0. The Labute approximate surface area is 145 Å². The van der Waals surface area contributed by atoms with E-state index in [2.05, 4.69) is 0 Å². The zero-order valence-corrected chi connectivity index (χ0v) is 15.3. The lowest BCUT2D eigenvalue weighted by Crippen LogP contribution is -2.06. The Bertz CT molecular complexity index is 562. The van der Waals surface area contributed by atoms with Gasteiger partial charge in [-0.1, -0.05) is 39.0 Å². The van der Waals surface area contributed by atoms with Gasteiger partial charge in [-0.05, 0) is 55.2 Å². The zero-order chi connectivity index (χ0) is 17.9. The number of carbonyl (C=O) groups excluding carboxylic acids is 3. The SMILES string of the molecule is CCC(=O)C1=CCC=C(C(=O)CC)CCCC(C(=O)CC)=CCC1. The van der Waals surface area contributed by atoms with Gasteiger partial charge in [-0.3, -0.25) is 14.4 Å². The highest BCUT2D eigenvalue weighted by molar-refractivity contribution is 5.97. The molecule has 3 heteroatoms. The van der Waals surface area contributed by atoms with Crippen LogP contribution in [0.4, 0.5) is 0 Å². The van der Waals surface area contributed by atoms with Gasteiger partial charge in [0.1, 0.15) is 0 Å². The number of hydrogen-bond acceptors (Lipinski definition) is 3. The molecule has 0 unspecified atom stereocenters. The van der Waals surface area contributed by atoms with E-state index in [4.69, 9.17) is 0 Å². The molecule has 0 atom stereocenters. The highest BCUT2D eigenvalue weighted by Gasteiger charge is 2.12. The van der Waals surface area contributed by atoms with E-state index < -0.39 is 0 Å². The van der Waals surface area contributed by atoms with Gasteiger partial charge in [0.15, 0.2) is 17.3 Å². The molecule has 0 aromatic rings. The van der Waals surface area contributed by atoms with Gasteiger partial charge in [0.25, 0.3) is 0 Å². The van der Waals surface area contributed by atoms with Crippen LogP contribution in [-0.4, -0.2) is 17.3 Å². The van der Waals surface area contributed by atoms with Crippen LogP contribution >= 0.6 is 0 Å². The van der Waals surface area contributed by atoms with Crippen LogP contribution < -0.4 is 0 Å². The minimum atomic E-state index is 0.153. The topological polar surface area (TPSA) is 51.2 Å². The molecule has 0 saturated carbocycles. The molecule has 0 heterocycles. The first-order valence-corrected chi connectivity index (χ1v) is 9.20. The van der Waals surface area contributed by atoms with Crippen LogP contribution in [0, 0.1) is 0 Å². The molecule has 1 aliphatic rings. The molecular formula is C21H30O3. The molecule has 0 bridgehead atoms. The van der Waals surface area contributed by atoms with Crippen molar-refractivity contribution in [2.75, 3.05) is 0 Å². The summed E-state index contributed by atoms with van der Waals surface area (Å²) in [6.07, 6.45) is 11.6. The van der Waals surface area contributed by atoms with Gasteiger partial charge < -0.3 is 0 Å². The quantitative estimate of drug-likeness (QED) is 0.684. The van der Waals surface area contributed by atoms with Crippen molar-refractivity contribution in [2.45, 2.75) is 78.6 Å². The standard InChI is InChI=1S/C21H30O3/c1-4-19(22)16-10-7-12-17(20(23)5-2)14-9-15-18(13-8-11-16)21(24)6-3/h10,12-13H,4-9,11,14-15H2,1-3H3. The number of Topliss-reactive ketones (excluding diaryl/α,β-unsaturated/α-hetero) is 3. The second kappa shape index (κ2) is 10.9. The number of carbonyl (C=O) groups is 3. The average molecular weight is 330 g/mol. The largest absolute Gasteiger partial charge is 0.295 e. The van der Waals surface area contributed by atoms with Crippen LogP contribution in [0.1, 0.15) is 78.6 Å². The number of rotatable bonds is 6. The minimum absolute atomic E-state index is 0.153. The Kier molecular flexibility index (Phi) is 9.21. The molecule has 0 amide bonds. The molecule has 0 aromatic heterocycles. The van der Waals surface area contributed by atoms with Crippen molar-refractivity contribution >= 4 is 17.3 Å². The lowest BCUT2D eigenvalue weighted by atomic mass is 9.94. The summed E-state index contributed by atoms with van der Waals surface area (Å²) in [7, 11) is 0. The summed E-state index contributed by atoms with van der Waals surface area (Å²) in [5.41, 5.74) is 2.50. The molecule has 0 aromatic carbocycles. The molecule has 1 aliphatic carbocycles. The molecule has 0 spiro atoms. The van der Waals surface area contributed by atoms with Crippen LogP contribution in [0.25, 0.3) is 0 Å². The van der Waals surface area contributed by atoms with E-state index in [0.717, 1.165) is 29.6 Å². The van der Waals surface area contributed by atoms with E-state index in [9.17, 15) is 14.4 Å². The molecule has 1 rings (SSSR count). The molecule has 24 heavy (non-hydrogen) atoms. The predicted octanol–water partition coefficient (Wildman–Crippen LogP) is 5.06. The summed E-state index contributed by atoms with van der Waals surface area (Å²) in [5, 5.41) is 0. The smallest absolute Gasteiger partial charge is 0.158 e. The lowest BCUT2D eigenvalue weighted by molar-refractivity contribution is -0.116. The zero-order valence-electron chi connectivity index (χ0n) is 15.3. The van der Waals surface area contributed by atoms with Gasteiger partial charge in [0.2, 0.25) is 0 Å². The maximum atomic E-state index is 12.1. The van der Waals surface area contributed by atoms with Crippen molar-refractivity contribution in [3.63, 3.8) is 0 Å². The third kappa shape index (κ3) is 6.38. The molecule has 0 N–H and O–H groups in total. The molecule has 0 aliphatic heterocycles. The molecule has 0 radical (unpaired) electrons. The van der Waals surface area contributed by atoms with Gasteiger partial charge in [-0.25, -0.2) is 0 Å². The minimum Gasteiger partial charge on any atom is -0.295 e. The van der Waals surface area contributed by atoms with Crippen LogP contribution in [-0.2, 0) is 14.4 Å². The first kappa shape index (κ1) is 20.3. The molecule has 132 valence electrons. The van der Waals surface area contributed by atoms with E-state index in [0.29, 0.717) is 44.9 Å². The van der Waals surface area contributed by atoms with Crippen molar-refractivity contribution in [2.24, 2.45) is 0 Å². The number of ketones is 3. The summed E-state index contributed by atoms with van der Waals surface area (Å²) in [5.74, 6) is 0.489. The highest BCUT2D eigenvalue weighted by atomic mass is 16.1. The van der Waals surface area contributed by atoms with E-state index >= 15 is 0 Å². The van der Waals surface area contributed by atoms with Crippen LogP contribution in [0.5, 0.6) is 0 Å². The maximum Gasteiger partial charge on any atom is 0.158 e. The van der Waals surface area contributed by atoms with Gasteiger partial charge in [0, 0.05) is 19.3 Å². The average Bonchev–Trinajstić information content (AvgIpc) is 2.60. The summed E-state index contributed by atoms with van der Waals surface area (Å²) in [4.78, 5) is 36.3. The Morgan fingerprint density at radius 3 is 1.58 bits per heavy atom. The fourth-order valence-corrected chi connectivity index (χ4v) is 2.96. The molecular weight excluding hydrogens is 300 g/mol. The fourth-order valence-electron chi connectivity index (χ4n) is 2.96. The Balaban J connectivity index is 3.07.